The molecule has 1 fully saturated rings. The largest absolute Gasteiger partial charge is 0.397 e. The van der Waals surface area contributed by atoms with Crippen LogP contribution in [0.5, 0.6) is 0 Å². The number of hydrogen-bond donors (Lipinski definition) is 1. The maximum absolute atomic E-state index is 6.16. The molecular weight excluding hydrogens is 238 g/mol. The van der Waals surface area contributed by atoms with E-state index in [1.807, 2.05) is 22.7 Å². The number of hydrogen-bond acceptors (Lipinski definition) is 3. The zero-order valence-electron chi connectivity index (χ0n) is 9.40. The number of imidazole rings is 1. The molecule has 0 spiro atoms. The topological polar surface area (TPSA) is 52.5 Å². The third kappa shape index (κ3) is 1.77. The van der Waals surface area contributed by atoms with Crippen LogP contribution in [0.4, 0.5) is 5.69 Å². The maximum Gasteiger partial charge on any atom is 0.157 e. The van der Waals surface area contributed by atoms with Gasteiger partial charge in [0.25, 0.3) is 0 Å². The molecule has 1 aliphatic rings. The van der Waals surface area contributed by atoms with E-state index < -0.39 is 0 Å². The molecule has 2 aromatic rings. The van der Waals surface area contributed by atoms with Crippen molar-refractivity contribution in [2.75, 3.05) is 18.9 Å². The van der Waals surface area contributed by atoms with E-state index in [9.17, 15) is 0 Å². The number of fused-ring (bicyclic) bond motifs is 1. The molecule has 0 amide bonds. The Morgan fingerprint density at radius 1 is 1.41 bits per heavy atom. The number of nitrogen functional groups attached to an aromatic ring is 1. The van der Waals surface area contributed by atoms with Gasteiger partial charge in [-0.2, -0.15) is 0 Å². The molecule has 2 N–H and O–H groups in total. The number of nitrogens with zero attached hydrogens (tertiary/aromatic N) is 2. The minimum absolute atomic E-state index is 0.408. The van der Waals surface area contributed by atoms with Crippen LogP contribution in [0.3, 0.4) is 0 Å². The van der Waals surface area contributed by atoms with E-state index in [0.29, 0.717) is 16.8 Å². The molecule has 17 heavy (non-hydrogen) atoms. The second-order valence-electron chi connectivity index (χ2n) is 4.33. The number of rotatable bonds is 1. The van der Waals surface area contributed by atoms with Gasteiger partial charge < -0.3 is 14.9 Å². The second kappa shape index (κ2) is 4.20. The number of pyridine rings is 1. The highest BCUT2D eigenvalue weighted by Gasteiger charge is 2.22. The van der Waals surface area contributed by atoms with Gasteiger partial charge in [-0.1, -0.05) is 11.6 Å². The molecule has 1 aliphatic heterocycles. The Morgan fingerprint density at radius 3 is 2.94 bits per heavy atom. The van der Waals surface area contributed by atoms with Crippen molar-refractivity contribution in [1.82, 2.24) is 9.38 Å². The SMILES string of the molecule is Nc1cccn2c(C3CCOCC3)nc(Cl)c12. The summed E-state index contributed by atoms with van der Waals surface area (Å²) in [5, 5.41) is 0.490. The van der Waals surface area contributed by atoms with Crippen molar-refractivity contribution in [2.45, 2.75) is 18.8 Å². The fourth-order valence-corrected chi connectivity index (χ4v) is 2.67. The van der Waals surface area contributed by atoms with Crippen molar-refractivity contribution in [2.24, 2.45) is 0 Å². The van der Waals surface area contributed by atoms with Gasteiger partial charge in [-0.05, 0) is 25.0 Å². The first-order chi connectivity index (χ1) is 8.27. The summed E-state index contributed by atoms with van der Waals surface area (Å²) in [6.45, 7) is 1.58. The molecule has 3 heterocycles. The fourth-order valence-electron chi connectivity index (χ4n) is 2.39. The van der Waals surface area contributed by atoms with Crippen LogP contribution < -0.4 is 5.73 Å². The molecule has 0 unspecified atom stereocenters. The van der Waals surface area contributed by atoms with Gasteiger partial charge in [0.1, 0.15) is 11.3 Å². The molecular formula is C12H14ClN3O. The zero-order chi connectivity index (χ0) is 11.8. The first-order valence-electron chi connectivity index (χ1n) is 5.77. The fraction of sp³-hybridized carbons (Fsp3) is 0.417. The summed E-state index contributed by atoms with van der Waals surface area (Å²) in [7, 11) is 0. The smallest absolute Gasteiger partial charge is 0.157 e. The predicted molar refractivity (Wildman–Crippen MR) is 67.4 cm³/mol. The highest BCUT2D eigenvalue weighted by Crippen LogP contribution is 2.31. The Hall–Kier alpha value is -1.26. The lowest BCUT2D eigenvalue weighted by atomic mass is 10.00. The highest BCUT2D eigenvalue weighted by atomic mass is 35.5. The molecule has 2 aromatic heterocycles. The summed E-state index contributed by atoms with van der Waals surface area (Å²) in [6.07, 6.45) is 3.95. The van der Waals surface area contributed by atoms with Crippen molar-refractivity contribution >= 4 is 22.8 Å². The summed E-state index contributed by atoms with van der Waals surface area (Å²) in [6, 6.07) is 3.76. The van der Waals surface area contributed by atoms with Crippen LogP contribution in [0.15, 0.2) is 18.3 Å². The van der Waals surface area contributed by atoms with Crippen molar-refractivity contribution in [3.63, 3.8) is 0 Å². The van der Waals surface area contributed by atoms with E-state index in [1.165, 1.54) is 0 Å². The number of ether oxygens (including phenoxy) is 1. The molecule has 0 aliphatic carbocycles. The summed E-state index contributed by atoms with van der Waals surface area (Å²) in [5.41, 5.74) is 7.42. The van der Waals surface area contributed by atoms with Crippen LogP contribution >= 0.6 is 11.6 Å². The van der Waals surface area contributed by atoms with E-state index in [1.54, 1.807) is 0 Å². The molecule has 4 nitrogen and oxygen atoms in total. The number of nitrogens with two attached hydrogens (primary N) is 1. The monoisotopic (exact) mass is 251 g/mol. The van der Waals surface area contributed by atoms with Gasteiger partial charge in [-0.25, -0.2) is 4.98 Å². The Balaban J connectivity index is 2.13. The van der Waals surface area contributed by atoms with Crippen molar-refractivity contribution < 1.29 is 4.74 Å². The Kier molecular flexibility index (Phi) is 2.68. The van der Waals surface area contributed by atoms with E-state index in [4.69, 9.17) is 22.1 Å². The van der Waals surface area contributed by atoms with Crippen LogP contribution in [-0.4, -0.2) is 22.6 Å². The molecule has 0 saturated carbocycles. The number of anilines is 1. The van der Waals surface area contributed by atoms with E-state index in [0.717, 1.165) is 37.4 Å². The highest BCUT2D eigenvalue weighted by molar-refractivity contribution is 6.33. The lowest BCUT2D eigenvalue weighted by Crippen LogP contribution is -2.16. The molecule has 0 bridgehead atoms. The Morgan fingerprint density at radius 2 is 2.18 bits per heavy atom. The second-order valence-corrected chi connectivity index (χ2v) is 4.69. The van der Waals surface area contributed by atoms with Crippen LogP contribution in [0.1, 0.15) is 24.6 Å². The first-order valence-corrected chi connectivity index (χ1v) is 6.15. The van der Waals surface area contributed by atoms with Crippen LogP contribution in [0.25, 0.3) is 5.52 Å². The standard InChI is InChI=1S/C12H14ClN3O/c13-11-10-9(14)2-1-5-16(10)12(15-11)8-3-6-17-7-4-8/h1-2,5,8H,3-4,6-7,14H2. The van der Waals surface area contributed by atoms with Gasteiger partial charge in [-0.3, -0.25) is 0 Å². The third-order valence-corrected chi connectivity index (χ3v) is 3.53. The lowest BCUT2D eigenvalue weighted by Gasteiger charge is -2.20. The summed E-state index contributed by atoms with van der Waals surface area (Å²) in [5.74, 6) is 1.41. The summed E-state index contributed by atoms with van der Waals surface area (Å²) >= 11 is 6.16. The van der Waals surface area contributed by atoms with Crippen molar-refractivity contribution in [3.8, 4) is 0 Å². The van der Waals surface area contributed by atoms with Crippen LogP contribution in [0.2, 0.25) is 5.15 Å². The quantitative estimate of drug-likeness (QED) is 0.847. The minimum Gasteiger partial charge on any atom is -0.397 e. The molecule has 1 saturated heterocycles. The van der Waals surface area contributed by atoms with Gasteiger partial charge >= 0.3 is 0 Å². The van der Waals surface area contributed by atoms with Gasteiger partial charge in [0.05, 0.1) is 5.69 Å². The molecule has 0 aromatic carbocycles. The van der Waals surface area contributed by atoms with Gasteiger partial charge in [0.2, 0.25) is 0 Å². The van der Waals surface area contributed by atoms with E-state index in [2.05, 4.69) is 4.98 Å². The summed E-state index contributed by atoms with van der Waals surface area (Å²) < 4.78 is 7.38. The molecule has 90 valence electrons. The average molecular weight is 252 g/mol. The number of aromatic nitrogens is 2. The first kappa shape index (κ1) is 10.9. The average Bonchev–Trinajstić information content (AvgIpc) is 2.69. The number of halogens is 1. The van der Waals surface area contributed by atoms with Crippen molar-refractivity contribution in [1.29, 1.82) is 0 Å². The maximum atomic E-state index is 6.16. The normalized spacial score (nSPS) is 17.7. The van der Waals surface area contributed by atoms with Crippen LogP contribution in [0, 0.1) is 0 Å². The minimum atomic E-state index is 0.408. The molecule has 5 heteroatoms. The molecule has 0 radical (unpaired) electrons. The zero-order valence-corrected chi connectivity index (χ0v) is 10.2. The predicted octanol–water partition coefficient (Wildman–Crippen LogP) is 2.46. The molecule has 3 rings (SSSR count). The van der Waals surface area contributed by atoms with Gasteiger partial charge in [-0.15, -0.1) is 0 Å². The Bertz CT molecular complexity index is 546. The van der Waals surface area contributed by atoms with Gasteiger partial charge in [0, 0.05) is 25.3 Å². The van der Waals surface area contributed by atoms with Crippen LogP contribution in [-0.2, 0) is 4.74 Å². The van der Waals surface area contributed by atoms with Crippen molar-refractivity contribution in [3.05, 3.63) is 29.3 Å². The van der Waals surface area contributed by atoms with E-state index >= 15 is 0 Å². The molecule has 0 atom stereocenters. The lowest BCUT2D eigenvalue weighted by molar-refractivity contribution is 0.0835. The van der Waals surface area contributed by atoms with E-state index in [-0.39, 0.29) is 0 Å². The Labute approximate surface area is 104 Å². The third-order valence-electron chi connectivity index (χ3n) is 3.27. The van der Waals surface area contributed by atoms with Gasteiger partial charge in [0.15, 0.2) is 5.15 Å². The summed E-state index contributed by atoms with van der Waals surface area (Å²) in [4.78, 5) is 4.47.